The lowest BCUT2D eigenvalue weighted by molar-refractivity contribution is 0.205. The topological polar surface area (TPSA) is 75.4 Å². The van der Waals surface area contributed by atoms with Gasteiger partial charge in [0.2, 0.25) is 0 Å². The van der Waals surface area contributed by atoms with Crippen LogP contribution in [0, 0.1) is 0 Å². The number of primary amides is 1. The van der Waals surface area contributed by atoms with E-state index < -0.39 is 12.1 Å². The summed E-state index contributed by atoms with van der Waals surface area (Å²) in [6.07, 6.45) is 0. The van der Waals surface area contributed by atoms with Crippen molar-refractivity contribution in [2.75, 3.05) is 6.54 Å². The molecule has 0 radical (unpaired) electrons. The van der Waals surface area contributed by atoms with Crippen LogP contribution in [0.3, 0.4) is 0 Å². The predicted molar refractivity (Wildman–Crippen MR) is 34.3 cm³/mol. The quantitative estimate of drug-likeness (QED) is 0.478. The molecule has 5 heteroatoms. The van der Waals surface area contributed by atoms with Crippen molar-refractivity contribution in [1.82, 2.24) is 10.2 Å². The molecule has 0 spiro atoms. The standard InChI is InChI=1S/C5H9N3O2/c1-3-2-8(4(6)9)5(10)7-3/h3H,2H2,1H3,(H2,6,9)(H,7,10). The second kappa shape index (κ2) is 2.17. The first-order valence-electron chi connectivity index (χ1n) is 2.98. The van der Waals surface area contributed by atoms with Crippen LogP contribution in [0.25, 0.3) is 0 Å². The average Bonchev–Trinajstić information content (AvgIpc) is 2.10. The zero-order valence-electron chi connectivity index (χ0n) is 5.63. The molecule has 4 amide bonds. The summed E-state index contributed by atoms with van der Waals surface area (Å²) in [6, 6.07) is -1.08. The molecule has 1 aliphatic rings. The molecule has 0 bridgehead atoms. The van der Waals surface area contributed by atoms with Crippen molar-refractivity contribution in [3.63, 3.8) is 0 Å². The van der Waals surface area contributed by atoms with Crippen LogP contribution >= 0.6 is 0 Å². The smallest absolute Gasteiger partial charge is 0.325 e. The van der Waals surface area contributed by atoms with E-state index in [2.05, 4.69) is 5.32 Å². The molecule has 1 unspecified atom stereocenters. The summed E-state index contributed by atoms with van der Waals surface area (Å²) in [6.45, 7) is 2.18. The van der Waals surface area contributed by atoms with Crippen molar-refractivity contribution in [2.24, 2.45) is 5.73 Å². The van der Waals surface area contributed by atoms with Gasteiger partial charge in [-0.1, -0.05) is 0 Å². The van der Waals surface area contributed by atoms with Crippen LogP contribution in [-0.2, 0) is 0 Å². The SMILES string of the molecule is CC1CN(C(N)=O)C(=O)N1. The normalized spacial score (nSPS) is 24.7. The molecule has 0 aromatic heterocycles. The first-order chi connectivity index (χ1) is 4.61. The zero-order chi connectivity index (χ0) is 7.72. The van der Waals surface area contributed by atoms with Gasteiger partial charge in [-0.2, -0.15) is 0 Å². The highest BCUT2D eigenvalue weighted by molar-refractivity contribution is 5.94. The van der Waals surface area contributed by atoms with Crippen LogP contribution in [0.2, 0.25) is 0 Å². The van der Waals surface area contributed by atoms with E-state index in [0.717, 1.165) is 4.90 Å². The molecule has 56 valence electrons. The maximum atomic E-state index is 10.7. The molecule has 0 aliphatic carbocycles. The molecule has 1 heterocycles. The van der Waals surface area contributed by atoms with Gasteiger partial charge in [-0.3, -0.25) is 0 Å². The van der Waals surface area contributed by atoms with Crippen molar-refractivity contribution >= 4 is 12.1 Å². The van der Waals surface area contributed by atoms with E-state index in [4.69, 9.17) is 5.73 Å². The van der Waals surface area contributed by atoms with E-state index in [9.17, 15) is 9.59 Å². The highest BCUT2D eigenvalue weighted by atomic mass is 16.2. The van der Waals surface area contributed by atoms with Crippen LogP contribution in [0.5, 0.6) is 0 Å². The summed E-state index contributed by atoms with van der Waals surface area (Å²) >= 11 is 0. The highest BCUT2D eigenvalue weighted by Crippen LogP contribution is 2.01. The molecule has 1 atom stereocenters. The van der Waals surface area contributed by atoms with Gasteiger partial charge in [-0.15, -0.1) is 0 Å². The molecule has 5 nitrogen and oxygen atoms in total. The minimum absolute atomic E-state index is 0.0139. The number of amides is 4. The monoisotopic (exact) mass is 143 g/mol. The van der Waals surface area contributed by atoms with Crippen molar-refractivity contribution in [1.29, 1.82) is 0 Å². The number of hydrogen-bond donors (Lipinski definition) is 2. The highest BCUT2D eigenvalue weighted by Gasteiger charge is 2.28. The van der Waals surface area contributed by atoms with Crippen LogP contribution in [0.1, 0.15) is 6.92 Å². The third kappa shape index (κ3) is 1.02. The lowest BCUT2D eigenvalue weighted by Gasteiger charge is -2.06. The first kappa shape index (κ1) is 6.85. The molecular formula is C5H9N3O2. The molecule has 1 fully saturated rings. The Labute approximate surface area is 58.2 Å². The summed E-state index contributed by atoms with van der Waals surface area (Å²) in [5, 5.41) is 2.53. The maximum absolute atomic E-state index is 10.7. The number of nitrogens with two attached hydrogens (primary N) is 1. The second-order valence-corrected chi connectivity index (χ2v) is 2.30. The molecule has 0 aromatic carbocycles. The Morgan fingerprint density at radius 3 is 2.70 bits per heavy atom. The third-order valence-electron chi connectivity index (χ3n) is 1.34. The van der Waals surface area contributed by atoms with Gasteiger partial charge in [0.1, 0.15) is 0 Å². The van der Waals surface area contributed by atoms with Crippen molar-refractivity contribution < 1.29 is 9.59 Å². The number of carbonyl (C=O) groups excluding carboxylic acids is 2. The van der Waals surface area contributed by atoms with Gasteiger partial charge in [-0.05, 0) is 6.92 Å². The molecular weight excluding hydrogens is 134 g/mol. The Kier molecular flexibility index (Phi) is 1.48. The van der Waals surface area contributed by atoms with Crippen molar-refractivity contribution in [3.05, 3.63) is 0 Å². The van der Waals surface area contributed by atoms with Crippen molar-refractivity contribution in [3.8, 4) is 0 Å². The fourth-order valence-corrected chi connectivity index (χ4v) is 0.881. The average molecular weight is 143 g/mol. The van der Waals surface area contributed by atoms with E-state index in [1.54, 1.807) is 6.92 Å². The van der Waals surface area contributed by atoms with E-state index in [1.165, 1.54) is 0 Å². The number of hydrogen-bond acceptors (Lipinski definition) is 2. The lowest BCUT2D eigenvalue weighted by Crippen LogP contribution is -2.38. The van der Waals surface area contributed by atoms with Gasteiger partial charge in [0.25, 0.3) is 0 Å². The summed E-state index contributed by atoms with van der Waals surface area (Å²) in [4.78, 5) is 22.2. The molecule has 0 saturated carbocycles. The molecule has 1 rings (SSSR count). The van der Waals surface area contributed by atoms with Gasteiger partial charge in [0, 0.05) is 6.04 Å². The third-order valence-corrected chi connectivity index (χ3v) is 1.34. The summed E-state index contributed by atoms with van der Waals surface area (Å²) in [5.41, 5.74) is 4.88. The Morgan fingerprint density at radius 1 is 1.90 bits per heavy atom. The molecule has 1 aliphatic heterocycles. The minimum atomic E-state index is -0.693. The Bertz CT molecular complexity index is 180. The summed E-state index contributed by atoms with van der Waals surface area (Å²) in [7, 11) is 0. The number of nitrogens with zero attached hydrogens (tertiary/aromatic N) is 1. The zero-order valence-corrected chi connectivity index (χ0v) is 5.63. The molecule has 3 N–H and O–H groups in total. The van der Waals surface area contributed by atoms with E-state index >= 15 is 0 Å². The number of rotatable bonds is 0. The minimum Gasteiger partial charge on any atom is -0.351 e. The van der Waals surface area contributed by atoms with Crippen LogP contribution in [0.4, 0.5) is 9.59 Å². The number of nitrogens with one attached hydrogen (secondary N) is 1. The van der Waals surface area contributed by atoms with Crippen LogP contribution in [0.15, 0.2) is 0 Å². The second-order valence-electron chi connectivity index (χ2n) is 2.30. The number of urea groups is 2. The largest absolute Gasteiger partial charge is 0.351 e. The van der Waals surface area contributed by atoms with E-state index in [-0.39, 0.29) is 6.04 Å². The fraction of sp³-hybridized carbons (Fsp3) is 0.600. The van der Waals surface area contributed by atoms with Gasteiger partial charge < -0.3 is 11.1 Å². The summed E-state index contributed by atoms with van der Waals surface area (Å²) in [5.74, 6) is 0. The van der Waals surface area contributed by atoms with Crippen molar-refractivity contribution in [2.45, 2.75) is 13.0 Å². The van der Waals surface area contributed by atoms with Gasteiger partial charge in [-0.25, -0.2) is 14.5 Å². The Morgan fingerprint density at radius 2 is 2.50 bits per heavy atom. The van der Waals surface area contributed by atoms with Gasteiger partial charge >= 0.3 is 12.1 Å². The van der Waals surface area contributed by atoms with E-state index in [1.807, 2.05) is 0 Å². The molecule has 1 saturated heterocycles. The maximum Gasteiger partial charge on any atom is 0.325 e. The molecule has 10 heavy (non-hydrogen) atoms. The summed E-state index contributed by atoms with van der Waals surface area (Å²) < 4.78 is 0. The van der Waals surface area contributed by atoms with Gasteiger partial charge in [0.05, 0.1) is 6.54 Å². The Balaban J connectivity index is 2.63. The predicted octanol–water partition coefficient (Wildman–Crippen LogP) is -0.521. The van der Waals surface area contributed by atoms with Crippen LogP contribution in [-0.4, -0.2) is 29.5 Å². The van der Waals surface area contributed by atoms with Gasteiger partial charge in [0.15, 0.2) is 0 Å². The van der Waals surface area contributed by atoms with E-state index in [0.29, 0.717) is 6.54 Å². The fourth-order valence-electron chi connectivity index (χ4n) is 0.881. The first-order valence-corrected chi connectivity index (χ1v) is 2.98. The number of carbonyl (C=O) groups is 2. The molecule has 0 aromatic rings. The van der Waals surface area contributed by atoms with Crippen LogP contribution < -0.4 is 11.1 Å². The lowest BCUT2D eigenvalue weighted by atomic mass is 10.4. The Hall–Kier alpha value is -1.26. The number of imide groups is 1.